The number of carbonyl (C=O) groups excluding carboxylic acids is 1. The number of pyridine rings is 1. The first-order chi connectivity index (χ1) is 7.68. The molecular weight excluding hydrogens is 204 g/mol. The second-order valence-corrected chi connectivity index (χ2v) is 3.48. The first kappa shape index (κ1) is 10.4. The van der Waals surface area contributed by atoms with Crippen LogP contribution in [-0.2, 0) is 0 Å². The van der Waals surface area contributed by atoms with E-state index < -0.39 is 0 Å². The summed E-state index contributed by atoms with van der Waals surface area (Å²) in [5.74, 6) is 0.343. The van der Waals surface area contributed by atoms with Gasteiger partial charge in [0.1, 0.15) is 5.82 Å². The number of aromatic amines is 1. The average molecular weight is 216 g/mol. The monoisotopic (exact) mass is 216 g/mol. The number of nitrogens with one attached hydrogen (secondary N) is 2. The maximum Gasteiger partial charge on any atom is 0.260 e. The summed E-state index contributed by atoms with van der Waals surface area (Å²) in [4.78, 5) is 15.9. The number of amides is 1. The number of rotatable bonds is 2. The summed E-state index contributed by atoms with van der Waals surface area (Å²) in [6.07, 6.45) is 1.63. The van der Waals surface area contributed by atoms with Crippen molar-refractivity contribution in [2.24, 2.45) is 0 Å². The lowest BCUT2D eigenvalue weighted by Crippen LogP contribution is -2.14. The Balaban J connectivity index is 2.22. The van der Waals surface area contributed by atoms with Gasteiger partial charge < -0.3 is 5.32 Å². The third-order valence-electron chi connectivity index (χ3n) is 2.26. The highest BCUT2D eigenvalue weighted by molar-refractivity contribution is 6.05. The van der Waals surface area contributed by atoms with Gasteiger partial charge in [-0.1, -0.05) is 6.07 Å². The van der Waals surface area contributed by atoms with Crippen molar-refractivity contribution in [3.05, 3.63) is 41.3 Å². The van der Waals surface area contributed by atoms with E-state index in [-0.39, 0.29) is 5.91 Å². The Hall–Kier alpha value is -2.17. The zero-order valence-corrected chi connectivity index (χ0v) is 9.11. The van der Waals surface area contributed by atoms with E-state index in [2.05, 4.69) is 20.5 Å². The minimum atomic E-state index is -0.192. The van der Waals surface area contributed by atoms with Crippen molar-refractivity contribution in [2.75, 3.05) is 5.32 Å². The lowest BCUT2D eigenvalue weighted by Gasteiger charge is -2.03. The van der Waals surface area contributed by atoms with Gasteiger partial charge in [-0.15, -0.1) is 0 Å². The molecule has 0 saturated heterocycles. The molecule has 2 aromatic rings. The van der Waals surface area contributed by atoms with Gasteiger partial charge in [0.2, 0.25) is 0 Å². The van der Waals surface area contributed by atoms with Gasteiger partial charge in [-0.3, -0.25) is 9.89 Å². The van der Waals surface area contributed by atoms with Crippen molar-refractivity contribution in [1.82, 2.24) is 15.2 Å². The molecule has 1 amide bonds. The average Bonchev–Trinajstić information content (AvgIpc) is 2.60. The predicted octanol–water partition coefficient (Wildman–Crippen LogP) is 1.67. The summed E-state index contributed by atoms with van der Waals surface area (Å²) >= 11 is 0. The molecule has 0 aliphatic heterocycles. The molecule has 2 N–H and O–H groups in total. The normalized spacial score (nSPS) is 10.1. The van der Waals surface area contributed by atoms with Crippen LogP contribution >= 0.6 is 0 Å². The van der Waals surface area contributed by atoms with Crippen LogP contribution in [0.4, 0.5) is 5.82 Å². The van der Waals surface area contributed by atoms with Gasteiger partial charge in [0.15, 0.2) is 0 Å². The highest BCUT2D eigenvalue weighted by Crippen LogP contribution is 2.11. The maximum absolute atomic E-state index is 11.9. The lowest BCUT2D eigenvalue weighted by atomic mass is 10.2. The molecule has 0 aliphatic rings. The van der Waals surface area contributed by atoms with Gasteiger partial charge in [-0.25, -0.2) is 4.98 Å². The molecule has 0 atom stereocenters. The molecule has 0 fully saturated rings. The van der Waals surface area contributed by atoms with Gasteiger partial charge in [0.25, 0.3) is 5.91 Å². The Morgan fingerprint density at radius 2 is 2.19 bits per heavy atom. The minimum absolute atomic E-state index is 0.192. The standard InChI is InChI=1S/C11H12N4O/c1-7-10(8(2)15-14-7)11(16)13-9-5-3-4-6-12-9/h3-6H,1-2H3,(H,14,15)(H,12,13,16). The quantitative estimate of drug-likeness (QED) is 0.802. The molecule has 2 aromatic heterocycles. The Morgan fingerprint density at radius 1 is 1.38 bits per heavy atom. The molecule has 0 aromatic carbocycles. The van der Waals surface area contributed by atoms with E-state index in [0.717, 1.165) is 5.69 Å². The topological polar surface area (TPSA) is 70.7 Å². The second kappa shape index (κ2) is 4.14. The van der Waals surface area contributed by atoms with Crippen LogP contribution in [0.25, 0.3) is 0 Å². The van der Waals surface area contributed by atoms with Crippen LogP contribution in [0.15, 0.2) is 24.4 Å². The van der Waals surface area contributed by atoms with Crippen LogP contribution < -0.4 is 5.32 Å². The Labute approximate surface area is 92.9 Å². The summed E-state index contributed by atoms with van der Waals surface area (Å²) in [5, 5.41) is 9.46. The number of nitrogens with zero attached hydrogens (tertiary/aromatic N) is 2. The third-order valence-corrected chi connectivity index (χ3v) is 2.26. The van der Waals surface area contributed by atoms with Gasteiger partial charge in [-0.05, 0) is 26.0 Å². The molecule has 82 valence electrons. The summed E-state index contributed by atoms with van der Waals surface area (Å²) in [6, 6.07) is 5.35. The zero-order chi connectivity index (χ0) is 11.5. The van der Waals surface area contributed by atoms with Crippen molar-refractivity contribution in [2.45, 2.75) is 13.8 Å². The summed E-state index contributed by atoms with van der Waals surface area (Å²) < 4.78 is 0. The van der Waals surface area contributed by atoms with Crippen molar-refractivity contribution in [1.29, 1.82) is 0 Å². The first-order valence-corrected chi connectivity index (χ1v) is 4.92. The third kappa shape index (κ3) is 1.93. The van der Waals surface area contributed by atoms with Crippen LogP contribution in [0, 0.1) is 13.8 Å². The maximum atomic E-state index is 11.9. The number of aryl methyl sites for hydroxylation is 2. The SMILES string of the molecule is Cc1n[nH]c(C)c1C(=O)Nc1ccccn1. The molecule has 0 unspecified atom stereocenters. The molecule has 5 heteroatoms. The molecule has 5 nitrogen and oxygen atoms in total. The van der Waals surface area contributed by atoms with E-state index in [4.69, 9.17) is 0 Å². The van der Waals surface area contributed by atoms with Gasteiger partial charge in [0.05, 0.1) is 11.3 Å². The fourth-order valence-corrected chi connectivity index (χ4v) is 1.50. The van der Waals surface area contributed by atoms with E-state index in [1.165, 1.54) is 0 Å². The van der Waals surface area contributed by atoms with Crippen molar-refractivity contribution in [3.8, 4) is 0 Å². The highest BCUT2D eigenvalue weighted by atomic mass is 16.1. The highest BCUT2D eigenvalue weighted by Gasteiger charge is 2.15. The van der Waals surface area contributed by atoms with E-state index in [0.29, 0.717) is 17.1 Å². The number of hydrogen-bond donors (Lipinski definition) is 2. The number of hydrogen-bond acceptors (Lipinski definition) is 3. The molecule has 0 bridgehead atoms. The number of anilines is 1. The van der Waals surface area contributed by atoms with Crippen LogP contribution in [0.3, 0.4) is 0 Å². The van der Waals surface area contributed by atoms with Crippen LogP contribution in [-0.4, -0.2) is 21.1 Å². The number of carbonyl (C=O) groups is 1. The van der Waals surface area contributed by atoms with Crippen molar-refractivity contribution >= 4 is 11.7 Å². The first-order valence-electron chi connectivity index (χ1n) is 4.92. The zero-order valence-electron chi connectivity index (χ0n) is 9.11. The lowest BCUT2D eigenvalue weighted by molar-refractivity contribution is 0.102. The molecule has 16 heavy (non-hydrogen) atoms. The smallest absolute Gasteiger partial charge is 0.260 e. The second-order valence-electron chi connectivity index (χ2n) is 3.48. The van der Waals surface area contributed by atoms with Crippen LogP contribution in [0.1, 0.15) is 21.7 Å². The number of aromatic nitrogens is 3. The van der Waals surface area contributed by atoms with E-state index in [1.807, 2.05) is 13.0 Å². The van der Waals surface area contributed by atoms with Gasteiger partial charge in [0, 0.05) is 11.9 Å². The largest absolute Gasteiger partial charge is 0.306 e. The summed E-state index contributed by atoms with van der Waals surface area (Å²) in [6.45, 7) is 3.60. The van der Waals surface area contributed by atoms with Gasteiger partial charge in [-0.2, -0.15) is 5.10 Å². The van der Waals surface area contributed by atoms with Gasteiger partial charge >= 0.3 is 0 Å². The number of H-pyrrole nitrogens is 1. The molecule has 0 spiro atoms. The molecule has 0 aliphatic carbocycles. The van der Waals surface area contributed by atoms with E-state index in [9.17, 15) is 4.79 Å². The Kier molecular flexibility index (Phi) is 2.68. The van der Waals surface area contributed by atoms with Crippen molar-refractivity contribution < 1.29 is 4.79 Å². The minimum Gasteiger partial charge on any atom is -0.306 e. The molecular formula is C11H12N4O. The fraction of sp³-hybridized carbons (Fsp3) is 0.182. The van der Waals surface area contributed by atoms with Crippen molar-refractivity contribution in [3.63, 3.8) is 0 Å². The van der Waals surface area contributed by atoms with Crippen LogP contribution in [0.5, 0.6) is 0 Å². The molecule has 2 heterocycles. The van der Waals surface area contributed by atoms with Crippen LogP contribution in [0.2, 0.25) is 0 Å². The molecule has 2 rings (SSSR count). The summed E-state index contributed by atoms with van der Waals surface area (Å²) in [7, 11) is 0. The van der Waals surface area contributed by atoms with E-state index in [1.54, 1.807) is 25.3 Å². The molecule has 0 radical (unpaired) electrons. The Morgan fingerprint density at radius 3 is 2.75 bits per heavy atom. The fourth-order valence-electron chi connectivity index (χ4n) is 1.50. The summed E-state index contributed by atoms with van der Waals surface area (Å²) in [5.41, 5.74) is 2.02. The molecule has 0 saturated carbocycles. The van der Waals surface area contributed by atoms with E-state index >= 15 is 0 Å². The Bertz CT molecular complexity index is 484. The predicted molar refractivity (Wildman–Crippen MR) is 60.3 cm³/mol.